The minimum Gasteiger partial charge on any atom is -0.409 e. The van der Waals surface area contributed by atoms with Crippen molar-refractivity contribution < 1.29 is 10.0 Å². The van der Waals surface area contributed by atoms with Crippen LogP contribution in [0.5, 0.6) is 0 Å². The van der Waals surface area contributed by atoms with E-state index in [-0.39, 0.29) is 23.7 Å². The molecule has 1 unspecified atom stereocenters. The summed E-state index contributed by atoms with van der Waals surface area (Å²) in [7, 11) is 1.72. The van der Waals surface area contributed by atoms with Crippen molar-refractivity contribution in [3.63, 3.8) is 0 Å². The number of amidine groups is 1. The highest BCUT2D eigenvalue weighted by Crippen LogP contribution is 2.15. The predicted octanol–water partition coefficient (Wildman–Crippen LogP) is 0.872. The molecule has 1 atom stereocenters. The van der Waals surface area contributed by atoms with E-state index in [1.165, 1.54) is 0 Å². The van der Waals surface area contributed by atoms with Crippen LogP contribution in [-0.2, 0) is 4.79 Å². The number of carbonyl (C=O) groups excluding carboxylic acids is 1. The number of oxime groups is 1. The molecule has 3 N–H and O–H groups in total. The van der Waals surface area contributed by atoms with E-state index in [0.29, 0.717) is 0 Å². The third-order valence-corrected chi connectivity index (χ3v) is 2.49. The van der Waals surface area contributed by atoms with Gasteiger partial charge in [-0.25, -0.2) is 0 Å². The van der Waals surface area contributed by atoms with Crippen LogP contribution in [0.3, 0.4) is 0 Å². The lowest BCUT2D eigenvalue weighted by molar-refractivity contribution is -0.134. The molecule has 15 heavy (non-hydrogen) atoms. The minimum absolute atomic E-state index is 0.00889. The van der Waals surface area contributed by atoms with Crippen molar-refractivity contribution in [2.75, 3.05) is 7.05 Å². The van der Waals surface area contributed by atoms with E-state index in [9.17, 15) is 4.79 Å². The van der Waals surface area contributed by atoms with Crippen molar-refractivity contribution in [2.45, 2.75) is 33.7 Å². The quantitative estimate of drug-likeness (QED) is 0.316. The van der Waals surface area contributed by atoms with Gasteiger partial charge in [0, 0.05) is 13.1 Å². The molecule has 0 aliphatic heterocycles. The summed E-state index contributed by atoms with van der Waals surface area (Å²) in [5, 5.41) is 11.5. The Balaban J connectivity index is 4.87. The van der Waals surface area contributed by atoms with Gasteiger partial charge >= 0.3 is 0 Å². The molecule has 1 amide bonds. The molecule has 5 nitrogen and oxygen atoms in total. The molecule has 0 aliphatic carbocycles. The summed E-state index contributed by atoms with van der Waals surface area (Å²) in [6, 6.07) is 0.102. The van der Waals surface area contributed by atoms with Gasteiger partial charge in [-0.2, -0.15) is 0 Å². The molecule has 0 heterocycles. The Morgan fingerprint density at radius 3 is 2.07 bits per heavy atom. The summed E-state index contributed by atoms with van der Waals surface area (Å²) >= 11 is 0. The highest BCUT2D eigenvalue weighted by atomic mass is 16.4. The van der Waals surface area contributed by atoms with Gasteiger partial charge in [0.25, 0.3) is 0 Å². The molecular weight excluding hydrogens is 194 g/mol. The zero-order valence-corrected chi connectivity index (χ0v) is 10.1. The minimum atomic E-state index is -0.553. The average Bonchev–Trinajstić information content (AvgIpc) is 2.15. The van der Waals surface area contributed by atoms with Crippen LogP contribution in [0, 0.1) is 11.8 Å². The van der Waals surface area contributed by atoms with E-state index < -0.39 is 5.92 Å². The monoisotopic (exact) mass is 215 g/mol. The standard InChI is InChI=1S/C10H21N3O2/c1-6(2)8(9(11)12-15)10(14)13(5)7(3)4/h6-8,15H,1-5H3,(H2,11,12). The van der Waals surface area contributed by atoms with Crippen LogP contribution in [0.15, 0.2) is 5.16 Å². The second-order valence-electron chi connectivity index (χ2n) is 4.29. The normalized spacial score (nSPS) is 14.5. The van der Waals surface area contributed by atoms with Crippen LogP contribution in [0.2, 0.25) is 0 Å². The van der Waals surface area contributed by atoms with Crippen molar-refractivity contribution in [3.05, 3.63) is 0 Å². The lowest BCUT2D eigenvalue weighted by Crippen LogP contribution is -2.45. The van der Waals surface area contributed by atoms with Crippen molar-refractivity contribution >= 4 is 11.7 Å². The zero-order chi connectivity index (χ0) is 12.2. The largest absolute Gasteiger partial charge is 0.409 e. The van der Waals surface area contributed by atoms with E-state index in [1.54, 1.807) is 11.9 Å². The second-order valence-corrected chi connectivity index (χ2v) is 4.29. The summed E-state index contributed by atoms with van der Waals surface area (Å²) in [5.74, 6) is -0.685. The predicted molar refractivity (Wildman–Crippen MR) is 59.6 cm³/mol. The van der Waals surface area contributed by atoms with E-state index in [4.69, 9.17) is 10.9 Å². The number of nitrogens with two attached hydrogens (primary N) is 1. The highest BCUT2D eigenvalue weighted by molar-refractivity contribution is 6.02. The molecule has 0 radical (unpaired) electrons. The topological polar surface area (TPSA) is 78.9 Å². The fourth-order valence-electron chi connectivity index (χ4n) is 1.29. The molecule has 0 rings (SSSR count). The number of hydrogen-bond donors (Lipinski definition) is 2. The van der Waals surface area contributed by atoms with Crippen LogP contribution in [-0.4, -0.2) is 34.9 Å². The lowest BCUT2D eigenvalue weighted by Gasteiger charge is -2.28. The first-order valence-corrected chi connectivity index (χ1v) is 5.07. The third kappa shape index (κ3) is 3.42. The van der Waals surface area contributed by atoms with Crippen molar-refractivity contribution in [3.8, 4) is 0 Å². The molecule has 0 saturated heterocycles. The molecular formula is C10H21N3O2. The number of nitrogens with zero attached hydrogens (tertiary/aromatic N) is 2. The maximum atomic E-state index is 12.0. The summed E-state index contributed by atoms with van der Waals surface area (Å²) in [6.07, 6.45) is 0. The van der Waals surface area contributed by atoms with Crippen molar-refractivity contribution in [1.29, 1.82) is 0 Å². The molecule has 0 bridgehead atoms. The molecule has 0 saturated carbocycles. The summed E-state index contributed by atoms with van der Waals surface area (Å²) in [5.41, 5.74) is 5.51. The summed E-state index contributed by atoms with van der Waals surface area (Å²) in [6.45, 7) is 7.58. The van der Waals surface area contributed by atoms with Crippen molar-refractivity contribution in [1.82, 2.24) is 4.90 Å². The number of hydrogen-bond acceptors (Lipinski definition) is 3. The lowest BCUT2D eigenvalue weighted by atomic mass is 9.93. The first kappa shape index (κ1) is 13.7. The van der Waals surface area contributed by atoms with Crippen LogP contribution < -0.4 is 5.73 Å². The SMILES string of the molecule is CC(C)C(C(=O)N(C)C(C)C)C(N)=NO. The zero-order valence-electron chi connectivity index (χ0n) is 10.1. The summed E-state index contributed by atoms with van der Waals surface area (Å²) in [4.78, 5) is 13.6. The van der Waals surface area contributed by atoms with Gasteiger partial charge in [0.1, 0.15) is 5.92 Å². The number of rotatable bonds is 4. The Bertz CT molecular complexity index is 249. The Hall–Kier alpha value is -1.26. The van der Waals surface area contributed by atoms with Gasteiger partial charge in [-0.3, -0.25) is 4.79 Å². The fourth-order valence-corrected chi connectivity index (χ4v) is 1.29. The molecule has 0 aromatic rings. The van der Waals surface area contributed by atoms with Gasteiger partial charge < -0.3 is 15.8 Å². The molecule has 0 fully saturated rings. The number of amides is 1. The molecule has 0 aliphatic rings. The molecule has 0 aromatic carbocycles. The van der Waals surface area contributed by atoms with Gasteiger partial charge in [0.15, 0.2) is 5.84 Å². The number of carbonyl (C=O) groups is 1. The van der Waals surface area contributed by atoms with E-state index in [2.05, 4.69) is 5.16 Å². The molecule has 0 spiro atoms. The van der Waals surface area contributed by atoms with E-state index in [0.717, 1.165) is 0 Å². The van der Waals surface area contributed by atoms with Crippen LogP contribution >= 0.6 is 0 Å². The Kier molecular flexibility index (Phi) is 5.11. The van der Waals surface area contributed by atoms with E-state index in [1.807, 2.05) is 27.7 Å². The van der Waals surface area contributed by atoms with Crippen molar-refractivity contribution in [2.24, 2.45) is 22.7 Å². The van der Waals surface area contributed by atoms with Gasteiger partial charge in [-0.05, 0) is 19.8 Å². The smallest absolute Gasteiger partial charge is 0.233 e. The Morgan fingerprint density at radius 2 is 1.80 bits per heavy atom. The van der Waals surface area contributed by atoms with Crippen LogP contribution in [0.25, 0.3) is 0 Å². The third-order valence-electron chi connectivity index (χ3n) is 2.49. The first-order chi connectivity index (χ1) is 6.82. The van der Waals surface area contributed by atoms with E-state index >= 15 is 0 Å². The first-order valence-electron chi connectivity index (χ1n) is 5.07. The van der Waals surface area contributed by atoms with Gasteiger partial charge in [0.05, 0.1) is 0 Å². The highest BCUT2D eigenvalue weighted by Gasteiger charge is 2.30. The maximum Gasteiger partial charge on any atom is 0.233 e. The van der Waals surface area contributed by atoms with Crippen LogP contribution in [0.1, 0.15) is 27.7 Å². The Morgan fingerprint density at radius 1 is 1.33 bits per heavy atom. The fraction of sp³-hybridized carbons (Fsp3) is 0.800. The summed E-state index contributed by atoms with van der Waals surface area (Å²) < 4.78 is 0. The van der Waals surface area contributed by atoms with Gasteiger partial charge in [-0.1, -0.05) is 19.0 Å². The Labute approximate surface area is 90.9 Å². The van der Waals surface area contributed by atoms with Gasteiger partial charge in [-0.15, -0.1) is 0 Å². The van der Waals surface area contributed by atoms with Gasteiger partial charge in [0.2, 0.25) is 5.91 Å². The molecule has 5 heteroatoms. The molecule has 88 valence electrons. The average molecular weight is 215 g/mol. The van der Waals surface area contributed by atoms with Crippen LogP contribution in [0.4, 0.5) is 0 Å². The molecule has 0 aromatic heterocycles. The maximum absolute atomic E-state index is 12.0. The second kappa shape index (κ2) is 5.58.